The van der Waals surface area contributed by atoms with Gasteiger partial charge in [-0.3, -0.25) is 0 Å². The third-order valence-electron chi connectivity index (χ3n) is 2.28. The molecule has 0 atom stereocenters. The summed E-state index contributed by atoms with van der Waals surface area (Å²) in [7, 11) is 0. The zero-order valence-electron chi connectivity index (χ0n) is 8.74. The summed E-state index contributed by atoms with van der Waals surface area (Å²) in [6.07, 6.45) is 5.16. The van der Waals surface area contributed by atoms with Crippen molar-refractivity contribution in [2.24, 2.45) is 0 Å². The Labute approximate surface area is 94.1 Å². The normalized spacial score (nSPS) is 10.8. The Kier molecular flexibility index (Phi) is 3.28. The van der Waals surface area contributed by atoms with Gasteiger partial charge in [0.15, 0.2) is 0 Å². The van der Waals surface area contributed by atoms with Crippen LogP contribution in [0.5, 0.6) is 0 Å². The molecule has 1 aromatic carbocycles. The first-order valence-corrected chi connectivity index (χ1v) is 5.06. The summed E-state index contributed by atoms with van der Waals surface area (Å²) in [6.45, 7) is 0. The zero-order chi connectivity index (χ0) is 11.2. The lowest BCUT2D eigenvalue weighted by Gasteiger charge is -2.00. The summed E-state index contributed by atoms with van der Waals surface area (Å²) in [6, 6.07) is 11.8. The van der Waals surface area contributed by atoms with E-state index in [2.05, 4.69) is 10.2 Å². The van der Waals surface area contributed by atoms with Crippen LogP contribution in [0, 0.1) is 0 Å². The second-order valence-corrected chi connectivity index (χ2v) is 3.39. The quantitative estimate of drug-likeness (QED) is 0.796. The Balaban J connectivity index is 2.20. The summed E-state index contributed by atoms with van der Waals surface area (Å²) in [5, 5.41) is 16.4. The SMILES string of the molecule is O/C=C/Cc1ccc(-c2cccnn2)cc1. The van der Waals surface area contributed by atoms with E-state index in [4.69, 9.17) is 5.11 Å². The van der Waals surface area contributed by atoms with Crippen molar-refractivity contribution in [3.8, 4) is 11.3 Å². The van der Waals surface area contributed by atoms with E-state index in [0.29, 0.717) is 0 Å². The fourth-order valence-electron chi connectivity index (χ4n) is 1.46. The van der Waals surface area contributed by atoms with Gasteiger partial charge in [0.1, 0.15) is 0 Å². The van der Waals surface area contributed by atoms with E-state index in [9.17, 15) is 0 Å². The molecule has 1 N–H and O–H groups in total. The third-order valence-corrected chi connectivity index (χ3v) is 2.28. The maximum Gasteiger partial charge on any atom is 0.0929 e. The molecular formula is C13H12N2O. The highest BCUT2D eigenvalue weighted by molar-refractivity contribution is 5.58. The Morgan fingerprint density at radius 3 is 2.56 bits per heavy atom. The predicted octanol–water partition coefficient (Wildman–Crippen LogP) is 2.76. The molecule has 2 rings (SSSR count). The first-order chi connectivity index (χ1) is 7.90. The number of aliphatic hydroxyl groups is 1. The molecule has 1 aromatic heterocycles. The highest BCUT2D eigenvalue weighted by Crippen LogP contribution is 2.16. The second-order valence-electron chi connectivity index (χ2n) is 3.39. The molecule has 0 fully saturated rings. The number of benzene rings is 1. The standard InChI is InChI=1S/C13H12N2O/c16-10-2-3-11-5-7-12(8-6-11)13-4-1-9-14-15-13/h1-2,4-10,16H,3H2/b10-2+. The topological polar surface area (TPSA) is 46.0 Å². The molecule has 0 aliphatic carbocycles. The molecule has 3 heteroatoms. The summed E-state index contributed by atoms with van der Waals surface area (Å²) < 4.78 is 0. The van der Waals surface area contributed by atoms with Crippen molar-refractivity contribution in [1.82, 2.24) is 10.2 Å². The van der Waals surface area contributed by atoms with Gasteiger partial charge in [0, 0.05) is 11.8 Å². The fraction of sp³-hybridized carbons (Fsp3) is 0.0769. The summed E-state index contributed by atoms with van der Waals surface area (Å²) >= 11 is 0. The van der Waals surface area contributed by atoms with Crippen LogP contribution >= 0.6 is 0 Å². The number of allylic oxidation sites excluding steroid dienone is 1. The van der Waals surface area contributed by atoms with Crippen LogP contribution in [0.4, 0.5) is 0 Å². The summed E-state index contributed by atoms with van der Waals surface area (Å²) in [5.74, 6) is 0. The van der Waals surface area contributed by atoms with Gasteiger partial charge in [-0.2, -0.15) is 10.2 Å². The van der Waals surface area contributed by atoms with Gasteiger partial charge < -0.3 is 5.11 Å². The van der Waals surface area contributed by atoms with Crippen LogP contribution in [0.1, 0.15) is 5.56 Å². The van der Waals surface area contributed by atoms with Crippen LogP contribution in [0.15, 0.2) is 54.9 Å². The lowest BCUT2D eigenvalue weighted by molar-refractivity contribution is 0.471. The highest BCUT2D eigenvalue weighted by atomic mass is 16.2. The van der Waals surface area contributed by atoms with Crippen LogP contribution in [-0.4, -0.2) is 15.3 Å². The lowest BCUT2D eigenvalue weighted by atomic mass is 10.1. The van der Waals surface area contributed by atoms with Crippen molar-refractivity contribution < 1.29 is 5.11 Å². The van der Waals surface area contributed by atoms with Crippen LogP contribution in [0.2, 0.25) is 0 Å². The van der Waals surface area contributed by atoms with E-state index in [1.807, 2.05) is 36.4 Å². The molecule has 0 saturated heterocycles. The first kappa shape index (κ1) is 10.4. The van der Waals surface area contributed by atoms with Gasteiger partial charge in [0.25, 0.3) is 0 Å². The van der Waals surface area contributed by atoms with Gasteiger partial charge in [-0.1, -0.05) is 24.3 Å². The van der Waals surface area contributed by atoms with E-state index in [1.54, 1.807) is 12.3 Å². The van der Waals surface area contributed by atoms with Gasteiger partial charge in [-0.15, -0.1) is 0 Å². The van der Waals surface area contributed by atoms with E-state index >= 15 is 0 Å². The second kappa shape index (κ2) is 5.07. The van der Waals surface area contributed by atoms with E-state index in [1.165, 1.54) is 0 Å². The third kappa shape index (κ3) is 2.45. The maximum atomic E-state index is 8.56. The first-order valence-electron chi connectivity index (χ1n) is 5.06. The van der Waals surface area contributed by atoms with Crippen molar-refractivity contribution in [2.45, 2.75) is 6.42 Å². The van der Waals surface area contributed by atoms with Crippen LogP contribution in [-0.2, 0) is 6.42 Å². The Morgan fingerprint density at radius 1 is 1.12 bits per heavy atom. The van der Waals surface area contributed by atoms with E-state index < -0.39 is 0 Å². The van der Waals surface area contributed by atoms with Crippen LogP contribution in [0.25, 0.3) is 11.3 Å². The number of hydrogen-bond donors (Lipinski definition) is 1. The number of nitrogens with zero attached hydrogens (tertiary/aromatic N) is 2. The van der Waals surface area contributed by atoms with Crippen molar-refractivity contribution in [3.63, 3.8) is 0 Å². The molecule has 80 valence electrons. The van der Waals surface area contributed by atoms with E-state index in [-0.39, 0.29) is 0 Å². The summed E-state index contributed by atoms with van der Waals surface area (Å²) in [5.41, 5.74) is 3.06. The van der Waals surface area contributed by atoms with Gasteiger partial charge in [0.05, 0.1) is 12.0 Å². The Hall–Kier alpha value is -2.16. The van der Waals surface area contributed by atoms with Crippen molar-refractivity contribution >= 4 is 0 Å². The minimum Gasteiger partial charge on any atom is -0.516 e. The molecular weight excluding hydrogens is 200 g/mol. The molecule has 0 aliphatic rings. The molecule has 3 nitrogen and oxygen atoms in total. The van der Waals surface area contributed by atoms with Gasteiger partial charge in [-0.05, 0) is 30.2 Å². The van der Waals surface area contributed by atoms with Crippen molar-refractivity contribution in [2.75, 3.05) is 0 Å². The zero-order valence-corrected chi connectivity index (χ0v) is 8.74. The Bertz CT molecular complexity index is 463. The molecule has 0 radical (unpaired) electrons. The van der Waals surface area contributed by atoms with Crippen LogP contribution in [0.3, 0.4) is 0 Å². The molecule has 0 aliphatic heterocycles. The molecule has 0 bridgehead atoms. The van der Waals surface area contributed by atoms with Crippen LogP contribution < -0.4 is 0 Å². The molecule has 0 unspecified atom stereocenters. The highest BCUT2D eigenvalue weighted by Gasteiger charge is 1.98. The average molecular weight is 212 g/mol. The lowest BCUT2D eigenvalue weighted by Crippen LogP contribution is -1.86. The number of hydrogen-bond acceptors (Lipinski definition) is 3. The van der Waals surface area contributed by atoms with Crippen molar-refractivity contribution in [1.29, 1.82) is 0 Å². The number of aromatic nitrogens is 2. The Morgan fingerprint density at radius 2 is 1.94 bits per heavy atom. The molecule has 1 heterocycles. The molecule has 16 heavy (non-hydrogen) atoms. The summed E-state index contributed by atoms with van der Waals surface area (Å²) in [4.78, 5) is 0. The monoisotopic (exact) mass is 212 g/mol. The van der Waals surface area contributed by atoms with Crippen molar-refractivity contribution in [3.05, 3.63) is 60.5 Å². The van der Waals surface area contributed by atoms with E-state index in [0.717, 1.165) is 29.5 Å². The van der Waals surface area contributed by atoms with Gasteiger partial charge in [0.2, 0.25) is 0 Å². The molecule has 0 spiro atoms. The smallest absolute Gasteiger partial charge is 0.0929 e. The maximum absolute atomic E-state index is 8.56. The average Bonchev–Trinajstić information content (AvgIpc) is 2.38. The molecule has 2 aromatic rings. The number of aliphatic hydroxyl groups excluding tert-OH is 1. The predicted molar refractivity (Wildman–Crippen MR) is 62.9 cm³/mol. The van der Waals surface area contributed by atoms with Gasteiger partial charge >= 0.3 is 0 Å². The minimum absolute atomic E-state index is 0.733. The van der Waals surface area contributed by atoms with Gasteiger partial charge in [-0.25, -0.2) is 0 Å². The number of rotatable bonds is 3. The molecule has 0 saturated carbocycles. The molecule has 0 amide bonds. The fourth-order valence-corrected chi connectivity index (χ4v) is 1.46. The largest absolute Gasteiger partial charge is 0.516 e. The minimum atomic E-state index is 0.733.